The Morgan fingerprint density at radius 1 is 1.27 bits per heavy atom. The molecule has 0 bridgehead atoms. The van der Waals surface area contributed by atoms with Crippen LogP contribution < -0.4 is 5.48 Å². The van der Waals surface area contributed by atoms with Crippen LogP contribution in [0.4, 0.5) is 4.79 Å². The van der Waals surface area contributed by atoms with Crippen LogP contribution in [0.2, 0.25) is 0 Å². The number of likely N-dealkylation sites (tertiary alicyclic amines) is 1. The fourth-order valence-corrected chi connectivity index (χ4v) is 3.09. The Kier molecular flexibility index (Phi) is 6.29. The number of ether oxygens (including phenoxy) is 1. The van der Waals surface area contributed by atoms with Gasteiger partial charge in [0.05, 0.1) is 6.04 Å². The normalized spacial score (nSPS) is 21.3. The van der Waals surface area contributed by atoms with Gasteiger partial charge in [0.2, 0.25) is 0 Å². The number of rotatable bonds is 5. The summed E-state index contributed by atoms with van der Waals surface area (Å²) in [5, 5.41) is 0. The first-order valence-corrected chi connectivity index (χ1v) is 9.20. The van der Waals surface area contributed by atoms with Crippen molar-refractivity contribution in [2.75, 3.05) is 6.54 Å². The number of nitrogens with zero attached hydrogens (tertiary/aromatic N) is 1. The highest BCUT2D eigenvalue weighted by Gasteiger charge is 2.49. The van der Waals surface area contributed by atoms with Crippen molar-refractivity contribution in [3.05, 3.63) is 35.9 Å². The average Bonchev–Trinajstić information content (AvgIpc) is 2.98. The van der Waals surface area contributed by atoms with Gasteiger partial charge in [-0.05, 0) is 52.5 Å². The van der Waals surface area contributed by atoms with Crippen LogP contribution in [0.3, 0.4) is 0 Å². The molecule has 1 fully saturated rings. The Labute approximate surface area is 155 Å². The molecule has 1 aliphatic heterocycles. The van der Waals surface area contributed by atoms with E-state index in [4.69, 9.17) is 9.57 Å². The van der Waals surface area contributed by atoms with Crippen molar-refractivity contribution in [1.82, 2.24) is 10.4 Å². The summed E-state index contributed by atoms with van der Waals surface area (Å²) in [5.41, 5.74) is 2.28. The Balaban J connectivity index is 2.03. The molecule has 2 rings (SSSR count). The summed E-state index contributed by atoms with van der Waals surface area (Å²) < 4.78 is 5.44. The first-order chi connectivity index (χ1) is 12.2. The summed E-state index contributed by atoms with van der Waals surface area (Å²) in [7, 11) is 0. The Bertz CT molecular complexity index is 626. The largest absolute Gasteiger partial charge is 0.444 e. The summed E-state index contributed by atoms with van der Waals surface area (Å²) in [5.74, 6) is -0.463. The van der Waals surface area contributed by atoms with E-state index in [9.17, 15) is 9.59 Å². The van der Waals surface area contributed by atoms with Crippen molar-refractivity contribution in [2.24, 2.45) is 0 Å². The average molecular weight is 362 g/mol. The van der Waals surface area contributed by atoms with Crippen LogP contribution in [0.15, 0.2) is 30.3 Å². The third-order valence-corrected chi connectivity index (χ3v) is 4.60. The second-order valence-electron chi connectivity index (χ2n) is 7.89. The van der Waals surface area contributed by atoms with Gasteiger partial charge in [-0.3, -0.25) is 4.90 Å². The molecule has 0 aromatic heterocycles. The van der Waals surface area contributed by atoms with Crippen molar-refractivity contribution >= 4 is 12.1 Å². The molecule has 0 saturated carbocycles. The molecule has 1 saturated heterocycles. The van der Waals surface area contributed by atoms with Crippen molar-refractivity contribution in [1.29, 1.82) is 0 Å². The van der Waals surface area contributed by atoms with Crippen LogP contribution in [0, 0.1) is 0 Å². The molecule has 1 aromatic carbocycles. The van der Waals surface area contributed by atoms with E-state index in [-0.39, 0.29) is 6.04 Å². The zero-order valence-electron chi connectivity index (χ0n) is 16.4. The topological polar surface area (TPSA) is 67.9 Å². The van der Waals surface area contributed by atoms with E-state index >= 15 is 0 Å². The molecule has 1 aliphatic rings. The second kappa shape index (κ2) is 8.08. The van der Waals surface area contributed by atoms with Gasteiger partial charge in [-0.1, -0.05) is 37.3 Å². The summed E-state index contributed by atoms with van der Waals surface area (Å²) in [6.45, 7) is 9.66. The SMILES string of the molecule is CC[C@H](NOC(=O)[C@]1(C)CCCN1C(=O)OC(C)(C)C)c1ccccc1. The number of hydrogen-bond donors (Lipinski definition) is 1. The minimum absolute atomic E-state index is 0.0971. The summed E-state index contributed by atoms with van der Waals surface area (Å²) in [6.07, 6.45) is 1.57. The fourth-order valence-electron chi connectivity index (χ4n) is 3.09. The standard InChI is InChI=1S/C20H30N2O4/c1-6-16(15-11-8-7-9-12-15)21-26-17(23)20(5)13-10-14-22(20)18(24)25-19(2,3)4/h7-9,11-12,16,21H,6,10,13-14H2,1-5H3/t16-,20-/m0/s1. The number of nitrogens with one attached hydrogen (secondary N) is 1. The monoisotopic (exact) mass is 362 g/mol. The third kappa shape index (κ3) is 4.75. The van der Waals surface area contributed by atoms with Crippen molar-refractivity contribution in [2.45, 2.75) is 71.1 Å². The lowest BCUT2D eigenvalue weighted by Gasteiger charge is -2.34. The maximum absolute atomic E-state index is 12.8. The van der Waals surface area contributed by atoms with E-state index < -0.39 is 23.2 Å². The lowest BCUT2D eigenvalue weighted by atomic mass is 10.00. The lowest BCUT2D eigenvalue weighted by Crippen LogP contribution is -2.54. The molecule has 6 nitrogen and oxygen atoms in total. The van der Waals surface area contributed by atoms with Crippen LogP contribution >= 0.6 is 0 Å². The van der Waals surface area contributed by atoms with Gasteiger partial charge in [0.1, 0.15) is 11.1 Å². The van der Waals surface area contributed by atoms with Gasteiger partial charge < -0.3 is 9.57 Å². The molecule has 2 atom stereocenters. The van der Waals surface area contributed by atoms with Crippen molar-refractivity contribution in [3.63, 3.8) is 0 Å². The minimum Gasteiger partial charge on any atom is -0.444 e. The number of carbonyl (C=O) groups is 2. The van der Waals surface area contributed by atoms with Gasteiger partial charge in [-0.2, -0.15) is 0 Å². The zero-order chi connectivity index (χ0) is 19.4. The Morgan fingerprint density at radius 2 is 1.92 bits per heavy atom. The predicted octanol–water partition coefficient (Wildman–Crippen LogP) is 3.98. The minimum atomic E-state index is -1.02. The maximum Gasteiger partial charge on any atom is 0.411 e. The van der Waals surface area contributed by atoms with Crippen molar-refractivity contribution in [3.8, 4) is 0 Å². The highest BCUT2D eigenvalue weighted by molar-refractivity contribution is 5.86. The summed E-state index contributed by atoms with van der Waals surface area (Å²) in [4.78, 5) is 32.1. The zero-order valence-corrected chi connectivity index (χ0v) is 16.4. The molecular weight excluding hydrogens is 332 g/mol. The van der Waals surface area contributed by atoms with Crippen LogP contribution in [0.1, 0.15) is 65.5 Å². The second-order valence-corrected chi connectivity index (χ2v) is 7.89. The van der Waals surface area contributed by atoms with Gasteiger partial charge in [-0.15, -0.1) is 5.48 Å². The summed E-state index contributed by atoms with van der Waals surface area (Å²) >= 11 is 0. The van der Waals surface area contributed by atoms with Gasteiger partial charge in [0.15, 0.2) is 0 Å². The molecule has 1 aromatic rings. The molecule has 1 heterocycles. The molecule has 0 aliphatic carbocycles. The molecule has 6 heteroatoms. The van der Waals surface area contributed by atoms with Crippen LogP contribution in [-0.4, -0.2) is 34.6 Å². The number of amides is 1. The molecule has 1 amide bonds. The van der Waals surface area contributed by atoms with Gasteiger partial charge in [0.25, 0.3) is 0 Å². The van der Waals surface area contributed by atoms with E-state index in [2.05, 4.69) is 5.48 Å². The quantitative estimate of drug-likeness (QED) is 0.803. The van der Waals surface area contributed by atoms with Crippen molar-refractivity contribution < 1.29 is 19.2 Å². The molecule has 0 unspecified atom stereocenters. The van der Waals surface area contributed by atoms with Crippen LogP contribution in [-0.2, 0) is 14.4 Å². The van der Waals surface area contributed by atoms with Gasteiger partial charge in [-0.25, -0.2) is 9.59 Å². The van der Waals surface area contributed by atoms with E-state index in [1.54, 1.807) is 6.92 Å². The number of carbonyl (C=O) groups excluding carboxylic acids is 2. The fraction of sp³-hybridized carbons (Fsp3) is 0.600. The lowest BCUT2D eigenvalue weighted by molar-refractivity contribution is -0.165. The van der Waals surface area contributed by atoms with E-state index in [1.165, 1.54) is 4.90 Å². The Hall–Kier alpha value is -2.08. The van der Waals surface area contributed by atoms with E-state index in [0.29, 0.717) is 13.0 Å². The number of hydrogen-bond acceptors (Lipinski definition) is 5. The first kappa shape index (κ1) is 20.2. The molecule has 26 heavy (non-hydrogen) atoms. The molecule has 0 spiro atoms. The van der Waals surface area contributed by atoms with E-state index in [0.717, 1.165) is 18.4 Å². The van der Waals surface area contributed by atoms with Crippen LogP contribution in [0.25, 0.3) is 0 Å². The highest BCUT2D eigenvalue weighted by Crippen LogP contribution is 2.32. The smallest absolute Gasteiger partial charge is 0.411 e. The molecular formula is C20H30N2O4. The molecule has 144 valence electrons. The van der Waals surface area contributed by atoms with E-state index in [1.807, 2.05) is 58.0 Å². The van der Waals surface area contributed by atoms with Gasteiger partial charge >= 0.3 is 12.1 Å². The predicted molar refractivity (Wildman–Crippen MR) is 99.3 cm³/mol. The first-order valence-electron chi connectivity index (χ1n) is 9.20. The Morgan fingerprint density at radius 3 is 2.50 bits per heavy atom. The maximum atomic E-state index is 12.8. The number of benzene rings is 1. The third-order valence-electron chi connectivity index (χ3n) is 4.60. The molecule has 0 radical (unpaired) electrons. The number of hydroxylamine groups is 1. The molecule has 1 N–H and O–H groups in total. The van der Waals surface area contributed by atoms with Crippen LogP contribution in [0.5, 0.6) is 0 Å². The van der Waals surface area contributed by atoms with Gasteiger partial charge in [0, 0.05) is 6.54 Å². The highest BCUT2D eigenvalue weighted by atomic mass is 16.7. The summed E-state index contributed by atoms with van der Waals surface area (Å²) in [6, 6.07) is 9.72.